The SMILES string of the molecule is CCCCCCCNc1ccc(NC(=O)CC)cc1. The first-order chi connectivity index (χ1) is 9.26. The summed E-state index contributed by atoms with van der Waals surface area (Å²) in [5.74, 6) is 0.0524. The minimum atomic E-state index is 0.0524. The van der Waals surface area contributed by atoms with E-state index in [4.69, 9.17) is 0 Å². The predicted molar refractivity (Wildman–Crippen MR) is 82.6 cm³/mol. The van der Waals surface area contributed by atoms with E-state index in [1.54, 1.807) is 0 Å². The zero-order valence-corrected chi connectivity index (χ0v) is 12.2. The van der Waals surface area contributed by atoms with Gasteiger partial charge in [-0.3, -0.25) is 4.79 Å². The van der Waals surface area contributed by atoms with Crippen molar-refractivity contribution in [1.29, 1.82) is 0 Å². The highest BCUT2D eigenvalue weighted by Crippen LogP contribution is 2.14. The molecular weight excluding hydrogens is 236 g/mol. The molecule has 0 bridgehead atoms. The number of hydrogen-bond acceptors (Lipinski definition) is 2. The van der Waals surface area contributed by atoms with Crippen LogP contribution in [0.15, 0.2) is 24.3 Å². The molecule has 0 atom stereocenters. The zero-order valence-electron chi connectivity index (χ0n) is 12.2. The van der Waals surface area contributed by atoms with Crippen LogP contribution < -0.4 is 10.6 Å². The van der Waals surface area contributed by atoms with Crippen molar-refractivity contribution in [1.82, 2.24) is 0 Å². The minimum absolute atomic E-state index is 0.0524. The Kier molecular flexibility index (Phi) is 7.71. The van der Waals surface area contributed by atoms with Gasteiger partial charge in [0.1, 0.15) is 0 Å². The molecule has 19 heavy (non-hydrogen) atoms. The van der Waals surface area contributed by atoms with Gasteiger partial charge in [-0.05, 0) is 30.7 Å². The van der Waals surface area contributed by atoms with Gasteiger partial charge in [0, 0.05) is 24.3 Å². The van der Waals surface area contributed by atoms with Crippen LogP contribution in [-0.4, -0.2) is 12.5 Å². The Balaban J connectivity index is 2.22. The largest absolute Gasteiger partial charge is 0.385 e. The normalized spacial score (nSPS) is 10.2. The molecule has 0 radical (unpaired) electrons. The van der Waals surface area contributed by atoms with E-state index in [1.807, 2.05) is 31.2 Å². The fourth-order valence-corrected chi connectivity index (χ4v) is 1.88. The summed E-state index contributed by atoms with van der Waals surface area (Å²) in [5.41, 5.74) is 1.98. The molecule has 1 amide bonds. The average molecular weight is 262 g/mol. The Morgan fingerprint density at radius 2 is 1.58 bits per heavy atom. The van der Waals surface area contributed by atoms with Crippen molar-refractivity contribution in [3.8, 4) is 0 Å². The zero-order chi connectivity index (χ0) is 13.9. The number of carbonyl (C=O) groups is 1. The molecule has 0 saturated heterocycles. The molecule has 0 aromatic heterocycles. The number of benzene rings is 1. The second kappa shape index (κ2) is 9.42. The lowest BCUT2D eigenvalue weighted by Gasteiger charge is -2.08. The lowest BCUT2D eigenvalue weighted by atomic mass is 10.1. The molecule has 0 aliphatic carbocycles. The lowest BCUT2D eigenvalue weighted by molar-refractivity contribution is -0.115. The highest BCUT2D eigenvalue weighted by molar-refractivity contribution is 5.90. The van der Waals surface area contributed by atoms with E-state index in [0.717, 1.165) is 17.9 Å². The van der Waals surface area contributed by atoms with E-state index in [9.17, 15) is 4.79 Å². The van der Waals surface area contributed by atoms with Crippen LogP contribution >= 0.6 is 0 Å². The van der Waals surface area contributed by atoms with Crippen molar-refractivity contribution in [3.63, 3.8) is 0 Å². The standard InChI is InChI=1S/C16H26N2O/c1-3-5-6-7-8-13-17-14-9-11-15(12-10-14)18-16(19)4-2/h9-12,17H,3-8,13H2,1-2H3,(H,18,19). The molecule has 1 aromatic carbocycles. The minimum Gasteiger partial charge on any atom is -0.385 e. The molecule has 0 saturated carbocycles. The van der Waals surface area contributed by atoms with Gasteiger partial charge in [-0.1, -0.05) is 39.5 Å². The second-order valence-electron chi connectivity index (χ2n) is 4.82. The Labute approximate surface area is 116 Å². The number of carbonyl (C=O) groups excluding carboxylic acids is 1. The van der Waals surface area contributed by atoms with Crippen molar-refractivity contribution in [2.24, 2.45) is 0 Å². The highest BCUT2D eigenvalue weighted by atomic mass is 16.1. The highest BCUT2D eigenvalue weighted by Gasteiger charge is 1.98. The van der Waals surface area contributed by atoms with Crippen molar-refractivity contribution in [3.05, 3.63) is 24.3 Å². The van der Waals surface area contributed by atoms with Crippen LogP contribution in [0.1, 0.15) is 52.4 Å². The van der Waals surface area contributed by atoms with Crippen molar-refractivity contribution in [2.45, 2.75) is 52.4 Å². The summed E-state index contributed by atoms with van der Waals surface area (Å²) in [7, 11) is 0. The topological polar surface area (TPSA) is 41.1 Å². The van der Waals surface area contributed by atoms with Crippen LogP contribution in [0.5, 0.6) is 0 Å². The molecule has 1 aromatic rings. The van der Waals surface area contributed by atoms with Crippen molar-refractivity contribution in [2.75, 3.05) is 17.2 Å². The van der Waals surface area contributed by atoms with E-state index < -0.39 is 0 Å². The van der Waals surface area contributed by atoms with E-state index in [-0.39, 0.29) is 5.91 Å². The van der Waals surface area contributed by atoms with Gasteiger partial charge in [-0.15, -0.1) is 0 Å². The summed E-state index contributed by atoms with van der Waals surface area (Å²) in [5, 5.41) is 6.25. The Morgan fingerprint density at radius 1 is 0.947 bits per heavy atom. The van der Waals surface area contributed by atoms with Gasteiger partial charge in [-0.25, -0.2) is 0 Å². The smallest absolute Gasteiger partial charge is 0.224 e. The molecule has 2 N–H and O–H groups in total. The van der Waals surface area contributed by atoms with Crippen LogP contribution in [0.25, 0.3) is 0 Å². The number of nitrogens with one attached hydrogen (secondary N) is 2. The van der Waals surface area contributed by atoms with Gasteiger partial charge < -0.3 is 10.6 Å². The molecular formula is C16H26N2O. The molecule has 106 valence electrons. The van der Waals surface area contributed by atoms with Crippen molar-refractivity contribution >= 4 is 17.3 Å². The monoisotopic (exact) mass is 262 g/mol. The average Bonchev–Trinajstić information content (AvgIpc) is 2.44. The molecule has 1 rings (SSSR count). The fraction of sp³-hybridized carbons (Fsp3) is 0.562. The van der Waals surface area contributed by atoms with Crippen LogP contribution in [0, 0.1) is 0 Å². The molecule has 3 heteroatoms. The van der Waals surface area contributed by atoms with E-state index >= 15 is 0 Å². The Hall–Kier alpha value is -1.51. The van der Waals surface area contributed by atoms with E-state index in [0.29, 0.717) is 6.42 Å². The fourth-order valence-electron chi connectivity index (χ4n) is 1.88. The molecule has 0 fully saturated rings. The summed E-state index contributed by atoms with van der Waals surface area (Å²) < 4.78 is 0. The van der Waals surface area contributed by atoms with Gasteiger partial charge in [0.15, 0.2) is 0 Å². The van der Waals surface area contributed by atoms with Gasteiger partial charge in [0.05, 0.1) is 0 Å². The molecule has 0 heterocycles. The third-order valence-corrected chi connectivity index (χ3v) is 3.10. The summed E-state index contributed by atoms with van der Waals surface area (Å²) >= 11 is 0. The first kappa shape index (κ1) is 15.5. The van der Waals surface area contributed by atoms with E-state index in [1.165, 1.54) is 32.1 Å². The van der Waals surface area contributed by atoms with Gasteiger partial charge in [0.2, 0.25) is 5.91 Å². The molecule has 0 spiro atoms. The molecule has 0 unspecified atom stereocenters. The van der Waals surface area contributed by atoms with E-state index in [2.05, 4.69) is 17.6 Å². The maximum absolute atomic E-state index is 11.2. The summed E-state index contributed by atoms with van der Waals surface area (Å²) in [4.78, 5) is 11.2. The number of unbranched alkanes of at least 4 members (excludes halogenated alkanes) is 4. The number of rotatable bonds is 9. The summed E-state index contributed by atoms with van der Waals surface area (Å²) in [6.45, 7) is 5.10. The Bertz CT molecular complexity index is 360. The van der Waals surface area contributed by atoms with Crippen LogP contribution in [0.4, 0.5) is 11.4 Å². The van der Waals surface area contributed by atoms with Gasteiger partial charge >= 0.3 is 0 Å². The predicted octanol–water partition coefficient (Wildman–Crippen LogP) is 4.42. The number of hydrogen-bond donors (Lipinski definition) is 2. The third-order valence-electron chi connectivity index (χ3n) is 3.10. The first-order valence-electron chi connectivity index (χ1n) is 7.40. The number of anilines is 2. The number of amides is 1. The van der Waals surface area contributed by atoms with Crippen LogP contribution in [0.3, 0.4) is 0 Å². The summed E-state index contributed by atoms with van der Waals surface area (Å²) in [6.07, 6.45) is 6.99. The molecule has 0 aliphatic rings. The first-order valence-corrected chi connectivity index (χ1v) is 7.40. The second-order valence-corrected chi connectivity index (χ2v) is 4.82. The maximum Gasteiger partial charge on any atom is 0.224 e. The van der Waals surface area contributed by atoms with Crippen LogP contribution in [-0.2, 0) is 4.79 Å². The lowest BCUT2D eigenvalue weighted by Crippen LogP contribution is -2.09. The molecule has 3 nitrogen and oxygen atoms in total. The summed E-state index contributed by atoms with van der Waals surface area (Å²) in [6, 6.07) is 7.90. The maximum atomic E-state index is 11.2. The Morgan fingerprint density at radius 3 is 2.21 bits per heavy atom. The third kappa shape index (κ3) is 6.85. The van der Waals surface area contributed by atoms with Gasteiger partial charge in [-0.2, -0.15) is 0 Å². The quantitative estimate of drug-likeness (QED) is 0.647. The van der Waals surface area contributed by atoms with Gasteiger partial charge in [0.25, 0.3) is 0 Å². The van der Waals surface area contributed by atoms with Crippen molar-refractivity contribution < 1.29 is 4.79 Å². The molecule has 0 aliphatic heterocycles. The van der Waals surface area contributed by atoms with Crippen LogP contribution in [0.2, 0.25) is 0 Å².